The molecular weight excluding hydrogens is 358 g/mol. The summed E-state index contributed by atoms with van der Waals surface area (Å²) in [5.41, 5.74) is 4.08. The fraction of sp³-hybridized carbons (Fsp3) is 0.300. The van der Waals surface area contributed by atoms with Crippen molar-refractivity contribution >= 4 is 17.7 Å². The van der Waals surface area contributed by atoms with Gasteiger partial charge in [-0.2, -0.15) is 4.68 Å². The molecule has 0 unspecified atom stereocenters. The molecule has 1 fully saturated rings. The number of aryl methyl sites for hydroxylation is 2. The predicted octanol–water partition coefficient (Wildman–Crippen LogP) is 3.39. The van der Waals surface area contributed by atoms with Gasteiger partial charge in [-0.05, 0) is 59.9 Å². The normalized spacial score (nSPS) is 14.7. The fourth-order valence-electron chi connectivity index (χ4n) is 2.86. The van der Waals surface area contributed by atoms with E-state index in [1.54, 1.807) is 4.68 Å². The molecule has 4 rings (SSSR count). The summed E-state index contributed by atoms with van der Waals surface area (Å²) in [4.78, 5) is 12.9. The third-order valence-electron chi connectivity index (χ3n) is 4.52. The maximum Gasteiger partial charge on any atom is 0.238 e. The molecule has 1 aliphatic carbocycles. The van der Waals surface area contributed by atoms with Gasteiger partial charge in [0.25, 0.3) is 0 Å². The van der Waals surface area contributed by atoms with Crippen molar-refractivity contribution in [3.8, 4) is 5.69 Å². The SMILES string of the molecule is Cc1ccc(C)c(-n2nnnc2S[C@@H](C(=O)NC2CC2)c2ccccc2)c1. The van der Waals surface area contributed by atoms with E-state index in [1.807, 2.05) is 44.2 Å². The quantitative estimate of drug-likeness (QED) is 0.665. The number of benzene rings is 2. The van der Waals surface area contributed by atoms with Gasteiger partial charge in [-0.1, -0.05) is 54.2 Å². The van der Waals surface area contributed by atoms with E-state index in [0.29, 0.717) is 11.2 Å². The minimum atomic E-state index is -0.401. The summed E-state index contributed by atoms with van der Waals surface area (Å²) in [6, 6.07) is 16.2. The Morgan fingerprint density at radius 3 is 2.70 bits per heavy atom. The van der Waals surface area contributed by atoms with Crippen molar-refractivity contribution in [3.63, 3.8) is 0 Å². The van der Waals surface area contributed by atoms with Crippen LogP contribution in [0.4, 0.5) is 0 Å². The van der Waals surface area contributed by atoms with Gasteiger partial charge in [-0.15, -0.1) is 5.10 Å². The van der Waals surface area contributed by atoms with Gasteiger partial charge in [0.2, 0.25) is 11.1 Å². The smallest absolute Gasteiger partial charge is 0.238 e. The van der Waals surface area contributed by atoms with Crippen LogP contribution in [0.25, 0.3) is 5.69 Å². The Hall–Kier alpha value is -2.67. The lowest BCUT2D eigenvalue weighted by Crippen LogP contribution is -2.30. The van der Waals surface area contributed by atoms with E-state index in [9.17, 15) is 4.79 Å². The number of nitrogens with zero attached hydrogens (tertiary/aromatic N) is 4. The van der Waals surface area contributed by atoms with Gasteiger partial charge in [0.05, 0.1) is 5.69 Å². The molecule has 0 radical (unpaired) electrons. The number of nitrogens with one attached hydrogen (secondary N) is 1. The average Bonchev–Trinajstić information content (AvgIpc) is 3.37. The molecule has 1 N–H and O–H groups in total. The minimum Gasteiger partial charge on any atom is -0.352 e. The molecule has 0 saturated heterocycles. The molecule has 0 aliphatic heterocycles. The highest BCUT2D eigenvalue weighted by Gasteiger charge is 2.30. The zero-order valence-electron chi connectivity index (χ0n) is 15.3. The van der Waals surface area contributed by atoms with E-state index in [2.05, 4.69) is 39.0 Å². The first-order valence-corrected chi connectivity index (χ1v) is 9.88. The molecule has 2 aromatic carbocycles. The van der Waals surface area contributed by atoms with Crippen LogP contribution >= 0.6 is 11.8 Å². The Bertz CT molecular complexity index is 952. The van der Waals surface area contributed by atoms with Gasteiger partial charge in [-0.25, -0.2) is 0 Å². The number of carbonyl (C=O) groups is 1. The molecule has 1 amide bonds. The summed E-state index contributed by atoms with van der Waals surface area (Å²) in [5.74, 6) is 0.00390. The molecule has 138 valence electrons. The molecule has 27 heavy (non-hydrogen) atoms. The van der Waals surface area contributed by atoms with Crippen molar-refractivity contribution < 1.29 is 4.79 Å². The summed E-state index contributed by atoms with van der Waals surface area (Å²) < 4.78 is 1.72. The molecule has 1 heterocycles. The monoisotopic (exact) mass is 379 g/mol. The standard InChI is InChI=1S/C20H21N5OS/c1-13-8-9-14(2)17(12-13)25-20(22-23-24-25)27-18(15-6-4-3-5-7-15)19(26)21-16-10-11-16/h3-9,12,16,18H,10-11H2,1-2H3,(H,21,26)/t18-/m1/s1. The third kappa shape index (κ3) is 4.03. The van der Waals surface area contributed by atoms with Crippen LogP contribution in [0.5, 0.6) is 0 Å². The van der Waals surface area contributed by atoms with Crippen LogP contribution in [0.1, 0.15) is 34.8 Å². The van der Waals surface area contributed by atoms with Gasteiger partial charge in [0, 0.05) is 6.04 Å². The van der Waals surface area contributed by atoms with Crippen molar-refractivity contribution in [1.29, 1.82) is 0 Å². The van der Waals surface area contributed by atoms with E-state index in [-0.39, 0.29) is 5.91 Å². The summed E-state index contributed by atoms with van der Waals surface area (Å²) in [6.45, 7) is 4.06. The van der Waals surface area contributed by atoms with E-state index >= 15 is 0 Å². The number of hydrogen-bond donors (Lipinski definition) is 1. The largest absolute Gasteiger partial charge is 0.352 e. The first-order chi connectivity index (χ1) is 13.1. The van der Waals surface area contributed by atoms with Gasteiger partial charge < -0.3 is 5.32 Å². The second-order valence-electron chi connectivity index (χ2n) is 6.85. The maximum absolute atomic E-state index is 12.9. The summed E-state index contributed by atoms with van der Waals surface area (Å²) in [5, 5.41) is 15.5. The Morgan fingerprint density at radius 1 is 1.19 bits per heavy atom. The van der Waals surface area contributed by atoms with E-state index < -0.39 is 5.25 Å². The molecule has 1 saturated carbocycles. The molecule has 0 bridgehead atoms. The number of rotatable bonds is 6. The van der Waals surface area contributed by atoms with Crippen LogP contribution in [-0.2, 0) is 4.79 Å². The molecule has 1 aromatic heterocycles. The molecule has 6 nitrogen and oxygen atoms in total. The van der Waals surface area contributed by atoms with Crippen molar-refractivity contribution in [2.24, 2.45) is 0 Å². The van der Waals surface area contributed by atoms with Crippen LogP contribution in [0, 0.1) is 13.8 Å². The third-order valence-corrected chi connectivity index (χ3v) is 5.71. The Kier molecular flexibility index (Phi) is 4.94. The first-order valence-electron chi connectivity index (χ1n) is 9.00. The molecule has 7 heteroatoms. The highest BCUT2D eigenvalue weighted by atomic mass is 32.2. The molecule has 1 atom stereocenters. The van der Waals surface area contributed by atoms with Crippen LogP contribution < -0.4 is 5.32 Å². The van der Waals surface area contributed by atoms with Gasteiger partial charge in [0.1, 0.15) is 5.25 Å². The minimum absolute atomic E-state index is 0.00390. The second-order valence-corrected chi connectivity index (χ2v) is 7.93. The highest BCUT2D eigenvalue weighted by Crippen LogP contribution is 2.36. The van der Waals surface area contributed by atoms with Crippen molar-refractivity contribution in [2.45, 2.75) is 43.1 Å². The summed E-state index contributed by atoms with van der Waals surface area (Å²) in [6.07, 6.45) is 2.11. The molecule has 3 aromatic rings. The summed E-state index contributed by atoms with van der Waals surface area (Å²) in [7, 11) is 0. The molecule has 0 spiro atoms. The van der Waals surface area contributed by atoms with E-state index in [4.69, 9.17) is 0 Å². The second kappa shape index (κ2) is 7.52. The van der Waals surface area contributed by atoms with Crippen molar-refractivity contribution in [2.75, 3.05) is 0 Å². The van der Waals surface area contributed by atoms with E-state index in [0.717, 1.165) is 35.2 Å². The lowest BCUT2D eigenvalue weighted by atomic mass is 10.1. The zero-order valence-corrected chi connectivity index (χ0v) is 16.1. The van der Waals surface area contributed by atoms with Gasteiger partial charge in [-0.3, -0.25) is 4.79 Å². The number of carbonyl (C=O) groups excluding carboxylic acids is 1. The number of aromatic nitrogens is 4. The van der Waals surface area contributed by atoms with Crippen LogP contribution in [-0.4, -0.2) is 32.2 Å². The topological polar surface area (TPSA) is 72.7 Å². The Morgan fingerprint density at radius 2 is 1.96 bits per heavy atom. The lowest BCUT2D eigenvalue weighted by molar-refractivity contribution is -0.120. The maximum atomic E-state index is 12.9. The zero-order chi connectivity index (χ0) is 18.8. The number of hydrogen-bond acceptors (Lipinski definition) is 5. The van der Waals surface area contributed by atoms with Gasteiger partial charge in [0.15, 0.2) is 0 Å². The number of tetrazole rings is 1. The Balaban J connectivity index is 1.67. The predicted molar refractivity (Wildman–Crippen MR) is 105 cm³/mol. The van der Waals surface area contributed by atoms with Crippen molar-refractivity contribution in [1.82, 2.24) is 25.5 Å². The molecule has 1 aliphatic rings. The fourth-order valence-corrected chi connectivity index (χ4v) is 3.86. The highest BCUT2D eigenvalue weighted by molar-refractivity contribution is 8.00. The number of thioether (sulfide) groups is 1. The van der Waals surface area contributed by atoms with E-state index in [1.165, 1.54) is 11.8 Å². The average molecular weight is 379 g/mol. The van der Waals surface area contributed by atoms with Crippen LogP contribution in [0.2, 0.25) is 0 Å². The molecular formula is C20H21N5OS. The lowest BCUT2D eigenvalue weighted by Gasteiger charge is -2.17. The van der Waals surface area contributed by atoms with Crippen LogP contribution in [0.3, 0.4) is 0 Å². The summed E-state index contributed by atoms with van der Waals surface area (Å²) >= 11 is 1.38. The number of amides is 1. The van der Waals surface area contributed by atoms with Gasteiger partial charge >= 0.3 is 0 Å². The van der Waals surface area contributed by atoms with Crippen LogP contribution in [0.15, 0.2) is 53.7 Å². The Labute approximate surface area is 162 Å². The first kappa shape index (κ1) is 17.7. The van der Waals surface area contributed by atoms with Crippen molar-refractivity contribution in [3.05, 3.63) is 65.2 Å².